The predicted molar refractivity (Wildman–Crippen MR) is 97.7 cm³/mol. The van der Waals surface area contributed by atoms with Crippen molar-refractivity contribution in [1.82, 2.24) is 0 Å². The molecular weight excluding hydrogens is 394 g/mol. The van der Waals surface area contributed by atoms with Crippen molar-refractivity contribution < 1.29 is 30.0 Å². The second-order valence-corrected chi connectivity index (χ2v) is 5.61. The monoisotopic (exact) mass is 407 g/mol. The number of hydrogen-bond donors (Lipinski definition) is 1. The van der Waals surface area contributed by atoms with Crippen molar-refractivity contribution in [1.29, 1.82) is 0 Å². The minimum Gasteiger partial charge on any atom is -0.322 e. The molecule has 8 nitrogen and oxygen atoms in total. The number of carbonyl (C=O) groups excluding carboxylic acids is 1. The molecule has 0 unspecified atom stereocenters. The number of amides is 1. The summed E-state index contributed by atoms with van der Waals surface area (Å²) < 4.78 is 50.7. The van der Waals surface area contributed by atoms with E-state index in [9.17, 15) is 4.79 Å². The van der Waals surface area contributed by atoms with Crippen molar-refractivity contribution in [3.8, 4) is 0 Å². The molecule has 0 heterocycles. The maximum absolute atomic E-state index is 12.0. The summed E-state index contributed by atoms with van der Waals surface area (Å²) in [5, 5.41) is 5.20. The Morgan fingerprint density at radius 2 is 1.11 bits per heavy atom. The first-order valence-corrected chi connectivity index (χ1v) is 9.18. The lowest BCUT2D eigenvalue weighted by molar-refractivity contribution is 0.102. The highest BCUT2D eigenvalue weighted by molar-refractivity contribution is 7.59. The Morgan fingerprint density at radius 3 is 1.67 bits per heavy atom. The van der Waals surface area contributed by atoms with Crippen LogP contribution in [0.1, 0.15) is 10.4 Å². The van der Waals surface area contributed by atoms with Crippen LogP contribution >= 0.6 is 0 Å². The molecule has 0 fully saturated rings. The molecule has 0 radical (unpaired) electrons. The number of hydrogen-bond acceptors (Lipinski definition) is 7. The van der Waals surface area contributed by atoms with Gasteiger partial charge in [-0.15, -0.1) is 25.3 Å². The van der Waals surface area contributed by atoms with E-state index in [1.807, 2.05) is 54.6 Å². The number of fused-ring (bicyclic) bond motifs is 1. The fraction of sp³-hybridized carbons (Fsp3) is 0. The van der Waals surface area contributed by atoms with Crippen LogP contribution < -0.4 is 5.32 Å². The average Bonchev–Trinajstić information content (AvgIpc) is 2.61. The third-order valence-corrected chi connectivity index (χ3v) is 3.04. The van der Waals surface area contributed by atoms with Crippen molar-refractivity contribution in [2.24, 2.45) is 0 Å². The second kappa shape index (κ2) is 11.3. The zero-order valence-electron chi connectivity index (χ0n) is 13.6. The maximum Gasteiger partial charge on any atom is 0.425 e. The van der Waals surface area contributed by atoms with E-state index < -0.39 is 21.2 Å². The van der Waals surface area contributed by atoms with E-state index in [1.54, 1.807) is 12.1 Å². The summed E-state index contributed by atoms with van der Waals surface area (Å²) in [5.41, 5.74) is 1.48. The van der Waals surface area contributed by atoms with Gasteiger partial charge in [0.05, 0.1) is 0 Å². The standard InChI is InChI=1S/C17H13NO.2O3S/c19-17(14-7-2-1-3-8-14)18-16-11-10-13-6-4-5-9-15(13)12-16;2*1-4(2)3/h1-12H,(H,18,19);;. The Hall–Kier alpha value is -3.37. The molecular formula is C17H13NO7S2. The van der Waals surface area contributed by atoms with Crippen LogP contribution in [0.2, 0.25) is 0 Å². The predicted octanol–water partition coefficient (Wildman–Crippen LogP) is 2.08. The molecule has 3 aromatic carbocycles. The molecule has 0 aliphatic rings. The van der Waals surface area contributed by atoms with E-state index in [-0.39, 0.29) is 5.91 Å². The van der Waals surface area contributed by atoms with E-state index in [2.05, 4.69) is 11.4 Å². The maximum atomic E-state index is 12.0. The van der Waals surface area contributed by atoms with Gasteiger partial charge >= 0.3 is 21.2 Å². The molecule has 140 valence electrons. The summed E-state index contributed by atoms with van der Waals surface area (Å²) in [5.74, 6) is -0.0871. The second-order valence-electron chi connectivity index (χ2n) is 4.79. The SMILES string of the molecule is O=C(Nc1ccc2ccccc2c1)c1ccccc1.O=S(=O)=O.O=S(=O)=O. The van der Waals surface area contributed by atoms with Gasteiger partial charge in [-0.25, -0.2) is 0 Å². The highest BCUT2D eigenvalue weighted by atomic mass is 32.2. The summed E-state index contributed by atoms with van der Waals surface area (Å²) in [6.45, 7) is 0. The van der Waals surface area contributed by atoms with E-state index >= 15 is 0 Å². The van der Waals surface area contributed by atoms with Gasteiger partial charge in [-0.3, -0.25) is 4.79 Å². The van der Waals surface area contributed by atoms with Crippen LogP contribution in [-0.4, -0.2) is 31.2 Å². The van der Waals surface area contributed by atoms with E-state index in [1.165, 1.54) is 5.39 Å². The summed E-state index contributed by atoms with van der Waals surface area (Å²) in [6.07, 6.45) is 0. The van der Waals surface area contributed by atoms with Gasteiger partial charge in [-0.2, -0.15) is 0 Å². The quantitative estimate of drug-likeness (QED) is 0.688. The zero-order chi connectivity index (χ0) is 20.2. The molecule has 0 saturated heterocycles. The molecule has 1 N–H and O–H groups in total. The third-order valence-electron chi connectivity index (χ3n) is 3.04. The van der Waals surface area contributed by atoms with Gasteiger partial charge in [-0.05, 0) is 35.0 Å². The van der Waals surface area contributed by atoms with Gasteiger partial charge in [0.25, 0.3) is 5.91 Å². The lowest BCUT2D eigenvalue weighted by Crippen LogP contribution is -2.11. The fourth-order valence-corrected chi connectivity index (χ4v) is 2.06. The first kappa shape index (κ1) is 21.7. The smallest absolute Gasteiger partial charge is 0.322 e. The Kier molecular flexibility index (Phi) is 9.06. The molecule has 3 rings (SSSR count). The van der Waals surface area contributed by atoms with Crippen molar-refractivity contribution in [2.75, 3.05) is 5.32 Å². The molecule has 0 aromatic heterocycles. The molecule has 0 bridgehead atoms. The topological polar surface area (TPSA) is 132 Å². The molecule has 0 atom stereocenters. The van der Waals surface area contributed by atoms with Crippen LogP contribution in [-0.2, 0) is 21.2 Å². The summed E-state index contributed by atoms with van der Waals surface area (Å²) in [7, 11) is -6.22. The third kappa shape index (κ3) is 9.05. The molecule has 10 heteroatoms. The molecule has 0 aliphatic carbocycles. The Labute approximate surface area is 157 Å². The number of nitrogens with one attached hydrogen (secondary N) is 1. The van der Waals surface area contributed by atoms with E-state index in [0.717, 1.165) is 11.1 Å². The van der Waals surface area contributed by atoms with Crippen LogP contribution in [0, 0.1) is 0 Å². The Balaban J connectivity index is 0.000000390. The van der Waals surface area contributed by atoms with Crippen LogP contribution in [0.3, 0.4) is 0 Å². The lowest BCUT2D eigenvalue weighted by Gasteiger charge is -2.06. The van der Waals surface area contributed by atoms with Crippen LogP contribution in [0.15, 0.2) is 72.8 Å². The molecule has 0 spiro atoms. The van der Waals surface area contributed by atoms with Gasteiger partial charge in [0.15, 0.2) is 0 Å². The van der Waals surface area contributed by atoms with Crippen LogP contribution in [0.5, 0.6) is 0 Å². The number of benzene rings is 3. The van der Waals surface area contributed by atoms with Gasteiger partial charge in [0, 0.05) is 11.3 Å². The van der Waals surface area contributed by atoms with Gasteiger partial charge in [-0.1, -0.05) is 48.5 Å². The first-order chi connectivity index (χ1) is 12.8. The highest BCUT2D eigenvalue weighted by Gasteiger charge is 2.05. The largest absolute Gasteiger partial charge is 0.425 e. The Morgan fingerprint density at radius 1 is 0.630 bits per heavy atom. The lowest BCUT2D eigenvalue weighted by atomic mass is 10.1. The normalized spacial score (nSPS) is 9.04. The average molecular weight is 407 g/mol. The molecule has 0 saturated carbocycles. The van der Waals surface area contributed by atoms with Gasteiger partial charge in [0.1, 0.15) is 0 Å². The molecule has 1 amide bonds. The number of carbonyl (C=O) groups is 1. The fourth-order valence-electron chi connectivity index (χ4n) is 2.06. The summed E-state index contributed by atoms with van der Waals surface area (Å²) >= 11 is 0. The number of rotatable bonds is 2. The van der Waals surface area contributed by atoms with Gasteiger partial charge < -0.3 is 5.32 Å². The molecule has 27 heavy (non-hydrogen) atoms. The van der Waals surface area contributed by atoms with Crippen molar-refractivity contribution in [3.63, 3.8) is 0 Å². The van der Waals surface area contributed by atoms with E-state index in [0.29, 0.717) is 5.56 Å². The van der Waals surface area contributed by atoms with Crippen LogP contribution in [0.4, 0.5) is 5.69 Å². The zero-order valence-corrected chi connectivity index (χ0v) is 15.2. The molecule has 0 aliphatic heterocycles. The van der Waals surface area contributed by atoms with Crippen molar-refractivity contribution in [2.45, 2.75) is 0 Å². The molecule has 3 aromatic rings. The minimum atomic E-state index is -3.11. The van der Waals surface area contributed by atoms with Crippen LogP contribution in [0.25, 0.3) is 10.8 Å². The first-order valence-electron chi connectivity index (χ1n) is 7.18. The highest BCUT2D eigenvalue weighted by Crippen LogP contribution is 2.19. The van der Waals surface area contributed by atoms with Gasteiger partial charge in [0.2, 0.25) is 0 Å². The van der Waals surface area contributed by atoms with E-state index in [4.69, 9.17) is 25.3 Å². The summed E-state index contributed by atoms with van der Waals surface area (Å²) in [6, 6.07) is 23.2. The number of anilines is 1. The summed E-state index contributed by atoms with van der Waals surface area (Å²) in [4.78, 5) is 12.0. The van der Waals surface area contributed by atoms with Crippen molar-refractivity contribution in [3.05, 3.63) is 78.4 Å². The minimum absolute atomic E-state index is 0.0871. The Bertz CT molecular complexity index is 1080. The van der Waals surface area contributed by atoms with Crippen molar-refractivity contribution >= 4 is 43.6 Å².